The van der Waals surface area contributed by atoms with E-state index >= 15 is 0 Å². The zero-order chi connectivity index (χ0) is 16.2. The van der Waals surface area contributed by atoms with Crippen LogP contribution in [0.2, 0.25) is 0 Å². The van der Waals surface area contributed by atoms with E-state index in [-0.39, 0.29) is 17.9 Å². The molecule has 0 radical (unpaired) electrons. The van der Waals surface area contributed by atoms with E-state index < -0.39 is 0 Å². The Kier molecular flexibility index (Phi) is 4.94. The highest BCUT2D eigenvalue weighted by Gasteiger charge is 2.39. The number of amides is 1. The molecule has 1 aromatic rings. The molecule has 122 valence electrons. The summed E-state index contributed by atoms with van der Waals surface area (Å²) in [6.07, 6.45) is 2.88. The van der Waals surface area contributed by atoms with Crippen LogP contribution in [0, 0.1) is 23.2 Å². The minimum absolute atomic E-state index is 0.0181. The molecule has 2 N–H and O–H groups in total. The van der Waals surface area contributed by atoms with Gasteiger partial charge in [0.1, 0.15) is 0 Å². The molecule has 0 unspecified atom stereocenters. The summed E-state index contributed by atoms with van der Waals surface area (Å²) in [5, 5.41) is 8.84. The first-order valence-electron chi connectivity index (χ1n) is 8.29. The average Bonchev–Trinajstić information content (AvgIpc) is 3.06. The van der Waals surface area contributed by atoms with Crippen molar-refractivity contribution in [3.8, 4) is 6.07 Å². The van der Waals surface area contributed by atoms with E-state index in [1.165, 1.54) is 5.56 Å². The van der Waals surface area contributed by atoms with Crippen LogP contribution in [0.4, 0.5) is 0 Å². The quantitative estimate of drug-likeness (QED) is 0.917. The number of hydrogen-bond acceptors (Lipinski definition) is 4. The van der Waals surface area contributed by atoms with E-state index in [1.54, 1.807) is 0 Å². The first kappa shape index (κ1) is 16.0. The van der Waals surface area contributed by atoms with Crippen LogP contribution in [-0.4, -0.2) is 36.6 Å². The number of nitrogens with two attached hydrogens (primary N) is 1. The van der Waals surface area contributed by atoms with E-state index in [4.69, 9.17) is 15.7 Å². The van der Waals surface area contributed by atoms with Gasteiger partial charge in [0.05, 0.1) is 23.7 Å². The Hall–Kier alpha value is -1.90. The van der Waals surface area contributed by atoms with Crippen LogP contribution in [0.25, 0.3) is 0 Å². The molecule has 0 saturated carbocycles. The SMILES string of the molecule is N#Cc1ccc(CN2CCC([C@H]3OCC[C@@H]3C(N)=O)CC2)cc1. The van der Waals surface area contributed by atoms with Crippen LogP contribution in [0.1, 0.15) is 30.4 Å². The van der Waals surface area contributed by atoms with Gasteiger partial charge in [-0.2, -0.15) is 5.26 Å². The number of rotatable bonds is 4. The minimum atomic E-state index is -0.215. The fourth-order valence-corrected chi connectivity index (χ4v) is 3.76. The Morgan fingerprint density at radius 2 is 1.96 bits per heavy atom. The molecule has 0 aromatic heterocycles. The van der Waals surface area contributed by atoms with E-state index in [0.29, 0.717) is 18.1 Å². The molecule has 2 fully saturated rings. The van der Waals surface area contributed by atoms with Gasteiger partial charge in [-0.25, -0.2) is 0 Å². The van der Waals surface area contributed by atoms with Gasteiger partial charge in [0.15, 0.2) is 0 Å². The molecule has 0 spiro atoms. The van der Waals surface area contributed by atoms with Gasteiger partial charge in [-0.15, -0.1) is 0 Å². The Morgan fingerprint density at radius 1 is 1.26 bits per heavy atom. The molecule has 0 bridgehead atoms. The molecule has 1 amide bonds. The fraction of sp³-hybridized carbons (Fsp3) is 0.556. The molecule has 2 aliphatic heterocycles. The number of ether oxygens (including phenoxy) is 1. The predicted molar refractivity (Wildman–Crippen MR) is 86.2 cm³/mol. The van der Waals surface area contributed by atoms with Crippen LogP contribution in [0.5, 0.6) is 0 Å². The van der Waals surface area contributed by atoms with Crippen molar-refractivity contribution < 1.29 is 9.53 Å². The fourth-order valence-electron chi connectivity index (χ4n) is 3.76. The lowest BCUT2D eigenvalue weighted by atomic mass is 9.84. The summed E-state index contributed by atoms with van der Waals surface area (Å²) in [7, 11) is 0. The molecule has 2 atom stereocenters. The Bertz CT molecular complexity index is 585. The highest BCUT2D eigenvalue weighted by atomic mass is 16.5. The third-order valence-corrected chi connectivity index (χ3v) is 5.09. The van der Waals surface area contributed by atoms with Crippen LogP contribution in [0.3, 0.4) is 0 Å². The molecule has 3 rings (SSSR count). The van der Waals surface area contributed by atoms with Crippen LogP contribution >= 0.6 is 0 Å². The monoisotopic (exact) mass is 313 g/mol. The first-order chi connectivity index (χ1) is 11.2. The predicted octanol–water partition coefficient (Wildman–Crippen LogP) is 1.66. The lowest BCUT2D eigenvalue weighted by molar-refractivity contribution is -0.124. The van der Waals surface area contributed by atoms with Crippen LogP contribution in [-0.2, 0) is 16.1 Å². The molecule has 2 heterocycles. The van der Waals surface area contributed by atoms with Crippen molar-refractivity contribution in [3.63, 3.8) is 0 Å². The number of nitriles is 1. The third kappa shape index (κ3) is 3.72. The summed E-state index contributed by atoms with van der Waals surface area (Å²) in [6, 6.07) is 9.92. The first-order valence-corrected chi connectivity index (χ1v) is 8.29. The van der Waals surface area contributed by atoms with Crippen molar-refractivity contribution in [2.45, 2.75) is 31.9 Å². The van der Waals surface area contributed by atoms with E-state index in [2.05, 4.69) is 11.0 Å². The summed E-state index contributed by atoms with van der Waals surface area (Å²) in [6.45, 7) is 3.58. The molecule has 2 saturated heterocycles. The number of nitrogens with zero attached hydrogens (tertiary/aromatic N) is 2. The minimum Gasteiger partial charge on any atom is -0.377 e. The van der Waals surface area contributed by atoms with E-state index in [0.717, 1.165) is 38.9 Å². The standard InChI is InChI=1S/C18H23N3O2/c19-11-13-1-3-14(4-2-13)12-21-8-5-15(6-9-21)17-16(18(20)22)7-10-23-17/h1-4,15-17H,5-10,12H2,(H2,20,22)/t16-,17+/m0/s1. The van der Waals surface area contributed by atoms with Gasteiger partial charge < -0.3 is 10.5 Å². The summed E-state index contributed by atoms with van der Waals surface area (Å²) < 4.78 is 5.80. The molecule has 23 heavy (non-hydrogen) atoms. The van der Waals surface area contributed by atoms with Crippen molar-refractivity contribution in [2.24, 2.45) is 17.6 Å². The van der Waals surface area contributed by atoms with Gasteiger partial charge in [-0.1, -0.05) is 12.1 Å². The zero-order valence-corrected chi connectivity index (χ0v) is 13.3. The molecule has 2 aliphatic rings. The van der Waals surface area contributed by atoms with E-state index in [1.807, 2.05) is 24.3 Å². The van der Waals surface area contributed by atoms with E-state index in [9.17, 15) is 4.79 Å². The molecule has 0 aliphatic carbocycles. The highest BCUT2D eigenvalue weighted by molar-refractivity contribution is 5.77. The molecular weight excluding hydrogens is 290 g/mol. The molecular formula is C18H23N3O2. The second-order valence-electron chi connectivity index (χ2n) is 6.56. The summed E-state index contributed by atoms with van der Waals surface area (Å²) in [5.74, 6) is 0.116. The number of likely N-dealkylation sites (tertiary alicyclic amines) is 1. The summed E-state index contributed by atoms with van der Waals surface area (Å²) in [4.78, 5) is 13.9. The summed E-state index contributed by atoms with van der Waals surface area (Å²) in [5.41, 5.74) is 7.42. The van der Waals surface area contributed by atoms with Gasteiger partial charge >= 0.3 is 0 Å². The Morgan fingerprint density at radius 3 is 2.57 bits per heavy atom. The van der Waals surface area contributed by atoms with Crippen molar-refractivity contribution in [3.05, 3.63) is 35.4 Å². The lowest BCUT2D eigenvalue weighted by Gasteiger charge is -2.35. The van der Waals surface area contributed by atoms with Crippen molar-refractivity contribution in [1.82, 2.24) is 4.90 Å². The topological polar surface area (TPSA) is 79.3 Å². The Labute approximate surface area is 137 Å². The maximum Gasteiger partial charge on any atom is 0.223 e. The maximum atomic E-state index is 11.5. The largest absolute Gasteiger partial charge is 0.377 e. The van der Waals surface area contributed by atoms with Gasteiger partial charge in [0.25, 0.3) is 0 Å². The number of carbonyl (C=O) groups excluding carboxylic acids is 1. The Balaban J connectivity index is 1.52. The van der Waals surface area contributed by atoms with Crippen LogP contribution in [0.15, 0.2) is 24.3 Å². The molecule has 5 nitrogen and oxygen atoms in total. The smallest absolute Gasteiger partial charge is 0.223 e. The maximum absolute atomic E-state index is 11.5. The second-order valence-corrected chi connectivity index (χ2v) is 6.56. The third-order valence-electron chi connectivity index (χ3n) is 5.09. The number of carbonyl (C=O) groups is 1. The van der Waals surface area contributed by atoms with Crippen molar-refractivity contribution >= 4 is 5.91 Å². The van der Waals surface area contributed by atoms with Crippen molar-refractivity contribution in [1.29, 1.82) is 5.26 Å². The zero-order valence-electron chi connectivity index (χ0n) is 13.3. The highest BCUT2D eigenvalue weighted by Crippen LogP contribution is 2.33. The molecule has 1 aromatic carbocycles. The summed E-state index contributed by atoms with van der Waals surface area (Å²) >= 11 is 0. The number of benzene rings is 1. The number of hydrogen-bond donors (Lipinski definition) is 1. The van der Waals surface area contributed by atoms with Crippen molar-refractivity contribution in [2.75, 3.05) is 19.7 Å². The van der Waals surface area contributed by atoms with Crippen LogP contribution < -0.4 is 5.73 Å². The number of primary amides is 1. The van der Waals surface area contributed by atoms with Gasteiger partial charge in [-0.05, 0) is 56.0 Å². The van der Waals surface area contributed by atoms with Gasteiger partial charge in [0.2, 0.25) is 5.91 Å². The van der Waals surface area contributed by atoms with Gasteiger partial charge in [-0.3, -0.25) is 9.69 Å². The second kappa shape index (κ2) is 7.12. The lowest BCUT2D eigenvalue weighted by Crippen LogP contribution is -2.41. The van der Waals surface area contributed by atoms with Gasteiger partial charge in [0, 0.05) is 13.2 Å². The number of piperidine rings is 1. The average molecular weight is 313 g/mol. The molecule has 5 heteroatoms. The normalized spacial score (nSPS) is 26.0.